The average molecular weight is 404 g/mol. The van der Waals surface area contributed by atoms with Crippen molar-refractivity contribution in [3.05, 3.63) is 58.2 Å². The van der Waals surface area contributed by atoms with Gasteiger partial charge < -0.3 is 19.1 Å². The molecule has 1 aromatic heterocycles. The largest absolute Gasteiger partial charge is 0.508 e. The Morgan fingerprint density at radius 3 is 2.76 bits per heavy atom. The van der Waals surface area contributed by atoms with Gasteiger partial charge in [0, 0.05) is 18.0 Å². The Morgan fingerprint density at radius 2 is 2.04 bits per heavy atom. The molecule has 0 atom stereocenters. The van der Waals surface area contributed by atoms with Crippen molar-refractivity contribution in [3.8, 4) is 11.5 Å². The van der Waals surface area contributed by atoms with E-state index in [9.17, 15) is 9.90 Å². The minimum absolute atomic E-state index is 0.139. The summed E-state index contributed by atoms with van der Waals surface area (Å²) in [5, 5.41) is 10.7. The molecule has 0 unspecified atom stereocenters. The zero-order valence-corrected chi connectivity index (χ0v) is 15.5. The van der Waals surface area contributed by atoms with E-state index in [0.717, 1.165) is 22.2 Å². The number of halogens is 1. The van der Waals surface area contributed by atoms with E-state index in [2.05, 4.69) is 15.9 Å². The second kappa shape index (κ2) is 7.19. The van der Waals surface area contributed by atoms with Gasteiger partial charge in [-0.1, -0.05) is 12.1 Å². The quantitative estimate of drug-likeness (QED) is 0.643. The van der Waals surface area contributed by atoms with Crippen LogP contribution in [0, 0.1) is 0 Å². The Balaban J connectivity index is 2.18. The molecular weight excluding hydrogens is 386 g/mol. The minimum atomic E-state index is -0.409. The molecule has 5 nitrogen and oxygen atoms in total. The fourth-order valence-corrected chi connectivity index (χ4v) is 3.52. The van der Waals surface area contributed by atoms with Gasteiger partial charge in [0.2, 0.25) is 0 Å². The Hall–Kier alpha value is -2.47. The maximum atomic E-state index is 12.5. The van der Waals surface area contributed by atoms with Gasteiger partial charge >= 0.3 is 5.97 Å². The van der Waals surface area contributed by atoms with Crippen LogP contribution in [-0.2, 0) is 11.3 Å². The number of phenolic OH excluding ortho intramolecular Hbond substituents is 1. The van der Waals surface area contributed by atoms with E-state index in [4.69, 9.17) is 9.47 Å². The number of phenols is 1. The first-order valence-corrected chi connectivity index (χ1v) is 8.65. The van der Waals surface area contributed by atoms with Crippen LogP contribution in [-0.4, -0.2) is 29.4 Å². The molecule has 0 saturated carbocycles. The lowest BCUT2D eigenvalue weighted by Crippen LogP contribution is -2.13. The molecule has 0 amide bonds. The Morgan fingerprint density at radius 1 is 1.24 bits per heavy atom. The summed E-state index contributed by atoms with van der Waals surface area (Å²) in [4.78, 5) is 12.5. The Kier molecular flexibility index (Phi) is 4.99. The third-order valence-electron chi connectivity index (χ3n) is 3.93. The number of benzene rings is 2. The molecule has 1 N–H and O–H groups in total. The van der Waals surface area contributed by atoms with Crippen LogP contribution >= 0.6 is 15.9 Å². The normalized spacial score (nSPS) is 10.8. The highest BCUT2D eigenvalue weighted by Gasteiger charge is 2.23. The van der Waals surface area contributed by atoms with Gasteiger partial charge in [0.1, 0.15) is 17.2 Å². The molecule has 0 saturated heterocycles. The summed E-state index contributed by atoms with van der Waals surface area (Å²) in [6, 6.07) is 12.7. The SMILES string of the molecule is CCOC(=O)c1c(Br)c2ccc(O)cc2n1Cc1cccc(OC)c1. The van der Waals surface area contributed by atoms with Gasteiger partial charge in [0.05, 0.1) is 23.7 Å². The van der Waals surface area contributed by atoms with Gasteiger partial charge in [0.15, 0.2) is 0 Å². The molecule has 25 heavy (non-hydrogen) atoms. The Bertz CT molecular complexity index is 933. The highest BCUT2D eigenvalue weighted by molar-refractivity contribution is 9.10. The summed E-state index contributed by atoms with van der Waals surface area (Å²) >= 11 is 3.51. The second-order valence-electron chi connectivity index (χ2n) is 5.52. The number of fused-ring (bicyclic) bond motifs is 1. The lowest BCUT2D eigenvalue weighted by atomic mass is 10.2. The predicted molar refractivity (Wildman–Crippen MR) is 99.4 cm³/mol. The van der Waals surface area contributed by atoms with Crippen molar-refractivity contribution in [2.75, 3.05) is 13.7 Å². The van der Waals surface area contributed by atoms with Crippen LogP contribution < -0.4 is 4.74 Å². The summed E-state index contributed by atoms with van der Waals surface area (Å²) in [6.07, 6.45) is 0. The third kappa shape index (κ3) is 3.35. The number of ether oxygens (including phenoxy) is 2. The first kappa shape index (κ1) is 17.4. The van der Waals surface area contributed by atoms with Crippen LogP contribution in [0.3, 0.4) is 0 Å². The number of methoxy groups -OCH3 is 1. The molecule has 0 aliphatic carbocycles. The summed E-state index contributed by atoms with van der Waals surface area (Å²) < 4.78 is 13.0. The minimum Gasteiger partial charge on any atom is -0.508 e. The monoisotopic (exact) mass is 403 g/mol. The summed E-state index contributed by atoms with van der Waals surface area (Å²) in [5.74, 6) is 0.473. The standard InChI is InChI=1S/C19H18BrNO4/c1-3-25-19(23)18-17(20)15-8-7-13(22)10-16(15)21(18)11-12-5-4-6-14(9-12)24-2/h4-10,22H,3,11H2,1-2H3. The van der Waals surface area contributed by atoms with Crippen LogP contribution in [0.4, 0.5) is 0 Å². The first-order valence-electron chi connectivity index (χ1n) is 7.86. The van der Waals surface area contributed by atoms with Crippen LogP contribution in [0.15, 0.2) is 46.9 Å². The van der Waals surface area contributed by atoms with E-state index in [1.165, 1.54) is 0 Å². The summed E-state index contributed by atoms with van der Waals surface area (Å²) in [6.45, 7) is 2.50. The summed E-state index contributed by atoms with van der Waals surface area (Å²) in [7, 11) is 1.61. The predicted octanol–water partition coefficient (Wildman–Crippen LogP) is 4.34. The summed E-state index contributed by atoms with van der Waals surface area (Å²) in [5.41, 5.74) is 2.14. The molecule has 130 valence electrons. The number of carbonyl (C=O) groups is 1. The van der Waals surface area contributed by atoms with Crippen molar-refractivity contribution in [1.82, 2.24) is 4.57 Å². The Labute approximate surface area is 153 Å². The van der Waals surface area contributed by atoms with Gasteiger partial charge in [0.25, 0.3) is 0 Å². The highest BCUT2D eigenvalue weighted by atomic mass is 79.9. The molecule has 0 bridgehead atoms. The lowest BCUT2D eigenvalue weighted by Gasteiger charge is -2.11. The number of aromatic nitrogens is 1. The fraction of sp³-hybridized carbons (Fsp3) is 0.211. The van der Waals surface area contributed by atoms with Crippen LogP contribution in [0.25, 0.3) is 10.9 Å². The van der Waals surface area contributed by atoms with E-state index >= 15 is 0 Å². The molecule has 1 heterocycles. The number of nitrogens with zero attached hydrogens (tertiary/aromatic N) is 1. The number of esters is 1. The number of hydrogen-bond acceptors (Lipinski definition) is 4. The zero-order valence-electron chi connectivity index (χ0n) is 14.0. The van der Waals surface area contributed by atoms with Gasteiger partial charge in [-0.05, 0) is 52.7 Å². The van der Waals surface area contributed by atoms with Gasteiger partial charge in [-0.3, -0.25) is 0 Å². The molecule has 2 aromatic carbocycles. The molecular formula is C19H18BrNO4. The highest BCUT2D eigenvalue weighted by Crippen LogP contribution is 2.34. The topological polar surface area (TPSA) is 60.7 Å². The van der Waals surface area contributed by atoms with Crippen molar-refractivity contribution < 1.29 is 19.4 Å². The average Bonchev–Trinajstić information content (AvgIpc) is 2.87. The molecule has 0 aliphatic rings. The lowest BCUT2D eigenvalue weighted by molar-refractivity contribution is 0.0514. The first-order chi connectivity index (χ1) is 12.0. The molecule has 3 rings (SSSR count). The van der Waals surface area contributed by atoms with Crippen molar-refractivity contribution in [2.45, 2.75) is 13.5 Å². The number of hydrogen-bond donors (Lipinski definition) is 1. The van der Waals surface area contributed by atoms with Crippen molar-refractivity contribution in [3.63, 3.8) is 0 Å². The molecule has 0 fully saturated rings. The second-order valence-corrected chi connectivity index (χ2v) is 6.32. The van der Waals surface area contributed by atoms with E-state index in [1.54, 1.807) is 32.2 Å². The number of aromatic hydroxyl groups is 1. The maximum Gasteiger partial charge on any atom is 0.356 e. The van der Waals surface area contributed by atoms with Crippen LogP contribution in [0.2, 0.25) is 0 Å². The fourth-order valence-electron chi connectivity index (χ4n) is 2.81. The van der Waals surface area contributed by atoms with Gasteiger partial charge in [-0.15, -0.1) is 0 Å². The molecule has 6 heteroatoms. The smallest absolute Gasteiger partial charge is 0.356 e. The number of carbonyl (C=O) groups excluding carboxylic acids is 1. The van der Waals surface area contributed by atoms with Crippen LogP contribution in [0.1, 0.15) is 23.0 Å². The van der Waals surface area contributed by atoms with E-state index in [0.29, 0.717) is 16.7 Å². The van der Waals surface area contributed by atoms with E-state index < -0.39 is 5.97 Å². The van der Waals surface area contributed by atoms with E-state index in [1.807, 2.05) is 28.8 Å². The third-order valence-corrected chi connectivity index (χ3v) is 4.73. The van der Waals surface area contributed by atoms with Crippen molar-refractivity contribution in [1.29, 1.82) is 0 Å². The number of rotatable bonds is 5. The van der Waals surface area contributed by atoms with Gasteiger partial charge in [-0.2, -0.15) is 0 Å². The molecule has 0 radical (unpaired) electrons. The zero-order chi connectivity index (χ0) is 18.0. The van der Waals surface area contributed by atoms with Crippen molar-refractivity contribution >= 4 is 32.8 Å². The molecule has 0 aliphatic heterocycles. The molecule has 0 spiro atoms. The maximum absolute atomic E-state index is 12.5. The van der Waals surface area contributed by atoms with Crippen molar-refractivity contribution in [2.24, 2.45) is 0 Å². The van der Waals surface area contributed by atoms with E-state index in [-0.39, 0.29) is 12.4 Å². The van der Waals surface area contributed by atoms with Crippen LogP contribution in [0.5, 0.6) is 11.5 Å². The van der Waals surface area contributed by atoms with Gasteiger partial charge in [-0.25, -0.2) is 4.79 Å². The molecule has 3 aromatic rings.